The van der Waals surface area contributed by atoms with Crippen LogP contribution in [0.25, 0.3) is 0 Å². The Kier molecular flexibility index (Phi) is 4.15. The van der Waals surface area contributed by atoms with E-state index < -0.39 is 34.9 Å². The third kappa shape index (κ3) is 4.10. The van der Waals surface area contributed by atoms with Crippen LogP contribution in [-0.4, -0.2) is 23.8 Å². The normalized spacial score (nSPS) is 13.5. The summed E-state index contributed by atoms with van der Waals surface area (Å²) in [5, 5.41) is -2.89. The van der Waals surface area contributed by atoms with Crippen molar-refractivity contribution < 1.29 is 44.3 Å². The lowest BCUT2D eigenvalue weighted by Gasteiger charge is -2.19. The molecule has 0 aromatic heterocycles. The summed E-state index contributed by atoms with van der Waals surface area (Å²) in [7, 11) is 0. The zero-order chi connectivity index (χ0) is 14.2. The highest BCUT2D eigenvalue weighted by Crippen LogP contribution is 2.45. The second-order valence-electron chi connectivity index (χ2n) is 2.52. The molecule has 0 N–H and O–H groups in total. The van der Waals surface area contributed by atoms with Crippen LogP contribution in [0.1, 0.15) is 0 Å². The number of halogens is 10. The number of rotatable bonds is 1. The highest BCUT2D eigenvalue weighted by Gasteiger charge is 2.58. The molecule has 0 aromatic rings. The van der Waals surface area contributed by atoms with Gasteiger partial charge in [-0.15, -0.1) is 0 Å². The molecule has 0 aliphatic heterocycles. The molecule has 0 fully saturated rings. The van der Waals surface area contributed by atoms with E-state index in [2.05, 4.69) is 11.6 Å². The van der Waals surface area contributed by atoms with Crippen molar-refractivity contribution in [2.45, 2.75) is 18.5 Å². The van der Waals surface area contributed by atoms with Crippen molar-refractivity contribution in [2.75, 3.05) is 0 Å². The smallest absolute Gasteiger partial charge is 0.276 e. The molecule has 0 rings (SSSR count). The third-order valence-corrected chi connectivity index (χ3v) is 1.49. The molecule has 0 amide bonds. The van der Waals surface area contributed by atoms with Gasteiger partial charge < -0.3 is 0 Å². The molecular formula is C6ClF9O. The fourth-order valence-corrected chi connectivity index (χ4v) is 0.997. The van der Waals surface area contributed by atoms with Gasteiger partial charge >= 0.3 is 18.5 Å². The van der Waals surface area contributed by atoms with Crippen LogP contribution < -0.4 is 0 Å². The van der Waals surface area contributed by atoms with Gasteiger partial charge in [-0.05, 0) is 11.6 Å². The van der Waals surface area contributed by atoms with Gasteiger partial charge in [0.15, 0.2) is 5.57 Å². The van der Waals surface area contributed by atoms with E-state index in [1.54, 1.807) is 0 Å². The largest absolute Gasteiger partial charge is 0.422 e. The molecule has 0 unspecified atom stereocenters. The molecule has 0 atom stereocenters. The lowest BCUT2D eigenvalue weighted by Crippen LogP contribution is -2.34. The van der Waals surface area contributed by atoms with Gasteiger partial charge in [0.1, 0.15) is 5.57 Å². The summed E-state index contributed by atoms with van der Waals surface area (Å²) in [6.45, 7) is 0. The Morgan fingerprint density at radius 3 is 1.06 bits per heavy atom. The van der Waals surface area contributed by atoms with Gasteiger partial charge in [0.25, 0.3) is 5.24 Å². The Morgan fingerprint density at radius 2 is 1.00 bits per heavy atom. The maximum atomic E-state index is 11.9. The van der Waals surface area contributed by atoms with E-state index in [9.17, 15) is 44.3 Å². The molecule has 0 radical (unpaired) electrons. The summed E-state index contributed by atoms with van der Waals surface area (Å²) >= 11 is 4.12. The van der Waals surface area contributed by atoms with Crippen LogP contribution in [0.2, 0.25) is 0 Å². The van der Waals surface area contributed by atoms with Crippen LogP contribution >= 0.6 is 11.6 Å². The topological polar surface area (TPSA) is 17.1 Å². The molecule has 0 aliphatic carbocycles. The molecule has 0 saturated heterocycles. The van der Waals surface area contributed by atoms with Crippen molar-refractivity contribution in [3.63, 3.8) is 0 Å². The Morgan fingerprint density at radius 1 is 0.706 bits per heavy atom. The highest BCUT2D eigenvalue weighted by atomic mass is 35.5. The maximum Gasteiger partial charge on any atom is 0.422 e. The summed E-state index contributed by atoms with van der Waals surface area (Å²) in [6.07, 6.45) is -19.0. The predicted molar refractivity (Wildman–Crippen MR) is 36.1 cm³/mol. The molecule has 17 heavy (non-hydrogen) atoms. The van der Waals surface area contributed by atoms with Gasteiger partial charge in [-0.1, -0.05) is 0 Å². The number of hydrogen-bond acceptors (Lipinski definition) is 1. The first-order chi connectivity index (χ1) is 7.19. The van der Waals surface area contributed by atoms with Gasteiger partial charge in [-0.25, -0.2) is 0 Å². The fraction of sp³-hybridized carbons (Fsp3) is 0.500. The van der Waals surface area contributed by atoms with E-state index in [-0.39, 0.29) is 0 Å². The molecule has 0 saturated carbocycles. The lowest BCUT2D eigenvalue weighted by atomic mass is 10.1. The second-order valence-corrected chi connectivity index (χ2v) is 2.86. The van der Waals surface area contributed by atoms with Crippen LogP contribution in [0.3, 0.4) is 0 Å². The summed E-state index contributed by atoms with van der Waals surface area (Å²) in [6, 6.07) is 0. The zero-order valence-corrected chi connectivity index (χ0v) is 7.94. The summed E-state index contributed by atoms with van der Waals surface area (Å²) in [5.74, 6) is 0. The first-order valence-electron chi connectivity index (χ1n) is 3.34. The molecule has 1 nitrogen and oxygen atoms in total. The van der Waals surface area contributed by atoms with E-state index in [1.807, 2.05) is 0 Å². The van der Waals surface area contributed by atoms with Crippen molar-refractivity contribution in [2.24, 2.45) is 0 Å². The lowest BCUT2D eigenvalue weighted by molar-refractivity contribution is -0.182. The van der Waals surface area contributed by atoms with Crippen LogP contribution in [0, 0.1) is 0 Å². The molecule has 0 aromatic carbocycles. The van der Waals surface area contributed by atoms with E-state index in [0.29, 0.717) is 0 Å². The van der Waals surface area contributed by atoms with Crippen LogP contribution in [-0.2, 0) is 4.79 Å². The van der Waals surface area contributed by atoms with Crippen molar-refractivity contribution in [3.8, 4) is 0 Å². The Hall–Kier alpha value is -0.930. The fourth-order valence-electron chi connectivity index (χ4n) is 0.796. The number of allylic oxidation sites excluding steroid dienone is 2. The van der Waals surface area contributed by atoms with E-state index in [1.165, 1.54) is 0 Å². The Labute approximate surface area is 91.8 Å². The van der Waals surface area contributed by atoms with Gasteiger partial charge in [0.05, 0.1) is 0 Å². The molecule has 0 spiro atoms. The maximum absolute atomic E-state index is 11.9. The minimum Gasteiger partial charge on any atom is -0.276 e. The number of hydrogen-bond donors (Lipinski definition) is 0. The SMILES string of the molecule is O=C(Cl)C(=C(C(F)(F)F)C(F)(F)F)C(F)(F)F. The minimum atomic E-state index is -6.41. The first kappa shape index (κ1) is 16.1. The van der Waals surface area contributed by atoms with Crippen molar-refractivity contribution >= 4 is 16.8 Å². The highest BCUT2D eigenvalue weighted by molar-refractivity contribution is 6.68. The van der Waals surface area contributed by atoms with E-state index in [4.69, 9.17) is 0 Å². The molecule has 11 heteroatoms. The van der Waals surface area contributed by atoms with Crippen LogP contribution in [0.5, 0.6) is 0 Å². The number of carbonyl (C=O) groups is 1. The molecule has 0 heterocycles. The van der Waals surface area contributed by atoms with Crippen LogP contribution in [0.15, 0.2) is 11.1 Å². The molecular weight excluding hydrogens is 294 g/mol. The van der Waals surface area contributed by atoms with Gasteiger partial charge in [-0.3, -0.25) is 4.79 Å². The Bertz CT molecular complexity index is 328. The molecule has 0 aliphatic rings. The van der Waals surface area contributed by atoms with Crippen LogP contribution in [0.4, 0.5) is 39.5 Å². The minimum absolute atomic E-state index is 2.89. The second kappa shape index (κ2) is 4.39. The number of alkyl halides is 9. The third-order valence-electron chi connectivity index (χ3n) is 1.30. The molecule has 100 valence electrons. The van der Waals surface area contributed by atoms with E-state index in [0.717, 1.165) is 0 Å². The average molecular weight is 294 g/mol. The quantitative estimate of drug-likeness (QED) is 0.409. The Balaban J connectivity index is 6.27. The average Bonchev–Trinajstić information content (AvgIpc) is 1.91. The summed E-state index contributed by atoms with van der Waals surface area (Å²) in [4.78, 5) is 10.1. The van der Waals surface area contributed by atoms with Gasteiger partial charge in [0, 0.05) is 0 Å². The summed E-state index contributed by atoms with van der Waals surface area (Å²) in [5.41, 5.74) is -7.46. The number of carbonyl (C=O) groups excluding carboxylic acids is 1. The monoisotopic (exact) mass is 294 g/mol. The zero-order valence-electron chi connectivity index (χ0n) is 7.19. The summed E-state index contributed by atoms with van der Waals surface area (Å²) < 4.78 is 107. The molecule has 0 bridgehead atoms. The van der Waals surface area contributed by atoms with Crippen molar-refractivity contribution in [1.29, 1.82) is 0 Å². The van der Waals surface area contributed by atoms with Crippen molar-refractivity contribution in [1.82, 2.24) is 0 Å². The van der Waals surface area contributed by atoms with E-state index >= 15 is 0 Å². The predicted octanol–water partition coefficient (Wildman–Crippen LogP) is 3.74. The van der Waals surface area contributed by atoms with Gasteiger partial charge in [-0.2, -0.15) is 39.5 Å². The van der Waals surface area contributed by atoms with Crippen molar-refractivity contribution in [3.05, 3.63) is 11.1 Å². The standard InChI is InChI=1S/C6ClF9O/c7-3(17)1(4(8,9)10)2(5(11,12)13)6(14,15)16. The first-order valence-corrected chi connectivity index (χ1v) is 3.72. The van der Waals surface area contributed by atoms with Gasteiger partial charge in [0.2, 0.25) is 0 Å².